The van der Waals surface area contributed by atoms with Gasteiger partial charge in [0.15, 0.2) is 0 Å². The Balaban J connectivity index is 2.03. The predicted octanol–water partition coefficient (Wildman–Crippen LogP) is 1.95. The topological polar surface area (TPSA) is 24.5 Å². The summed E-state index contributed by atoms with van der Waals surface area (Å²) in [5.74, 6) is -0.996. The first-order valence-corrected chi connectivity index (χ1v) is 6.56. The number of nitrogens with one attached hydrogen (secondary N) is 1. The number of rotatable bonds is 4. The highest BCUT2D eigenvalue weighted by atomic mass is 19.1. The number of ether oxygens (including phenoxy) is 1. The van der Waals surface area contributed by atoms with Crippen molar-refractivity contribution in [3.8, 4) is 0 Å². The Hall–Kier alpha value is -1.04. The van der Waals surface area contributed by atoms with Crippen molar-refractivity contribution in [3.63, 3.8) is 0 Å². The molecule has 0 saturated carbocycles. The molecule has 2 unspecified atom stereocenters. The van der Waals surface area contributed by atoms with Gasteiger partial charge in [-0.2, -0.15) is 0 Å². The minimum absolute atomic E-state index is 0.0658. The van der Waals surface area contributed by atoms with Gasteiger partial charge >= 0.3 is 0 Å². The van der Waals surface area contributed by atoms with Crippen molar-refractivity contribution in [2.24, 2.45) is 0 Å². The van der Waals surface area contributed by atoms with Crippen molar-refractivity contribution in [1.29, 1.82) is 0 Å². The van der Waals surface area contributed by atoms with Crippen molar-refractivity contribution >= 4 is 0 Å². The lowest BCUT2D eigenvalue weighted by molar-refractivity contribution is 0.00344. The second-order valence-electron chi connectivity index (χ2n) is 4.95. The first kappa shape index (κ1) is 14.4. The van der Waals surface area contributed by atoms with E-state index in [1.54, 1.807) is 6.92 Å². The smallest absolute Gasteiger partial charge is 0.130 e. The van der Waals surface area contributed by atoms with Gasteiger partial charge in [0.05, 0.1) is 12.7 Å². The van der Waals surface area contributed by atoms with Crippen LogP contribution in [0, 0.1) is 11.6 Å². The fraction of sp³-hybridized carbons (Fsp3) is 0.571. The number of halogens is 2. The molecule has 1 fully saturated rings. The Labute approximate surface area is 112 Å². The van der Waals surface area contributed by atoms with Gasteiger partial charge in [0.25, 0.3) is 0 Å². The minimum atomic E-state index is -0.498. The monoisotopic (exact) mass is 270 g/mol. The Morgan fingerprint density at radius 3 is 2.68 bits per heavy atom. The van der Waals surface area contributed by atoms with Crippen molar-refractivity contribution in [3.05, 3.63) is 35.4 Å². The largest absolute Gasteiger partial charge is 0.374 e. The van der Waals surface area contributed by atoms with Crippen LogP contribution in [0.15, 0.2) is 18.2 Å². The van der Waals surface area contributed by atoms with E-state index in [9.17, 15) is 8.78 Å². The SMILES string of the molecule is CC(c1c(F)cccc1F)N(C)CC1CNCCO1. The summed E-state index contributed by atoms with van der Waals surface area (Å²) < 4.78 is 33.1. The molecule has 0 aliphatic carbocycles. The summed E-state index contributed by atoms with van der Waals surface area (Å²) in [5, 5.41) is 3.24. The Morgan fingerprint density at radius 1 is 1.42 bits per heavy atom. The standard InChI is InChI=1S/C14H20F2N2O/c1-10(14-12(15)4-3-5-13(14)16)18(2)9-11-8-17-6-7-19-11/h3-5,10-11,17H,6-9H2,1-2H3. The molecule has 3 nitrogen and oxygen atoms in total. The molecule has 5 heteroatoms. The molecule has 1 saturated heterocycles. The first-order valence-electron chi connectivity index (χ1n) is 6.56. The van der Waals surface area contributed by atoms with Gasteiger partial charge in [-0.25, -0.2) is 8.78 Å². The summed E-state index contributed by atoms with van der Waals surface area (Å²) in [6.45, 7) is 4.76. The van der Waals surface area contributed by atoms with Gasteiger partial charge in [-0.15, -0.1) is 0 Å². The minimum Gasteiger partial charge on any atom is -0.374 e. The number of benzene rings is 1. The lowest BCUT2D eigenvalue weighted by Crippen LogP contribution is -2.45. The second kappa shape index (κ2) is 6.41. The van der Waals surface area contributed by atoms with Crippen LogP contribution in [0.2, 0.25) is 0 Å². The van der Waals surface area contributed by atoms with Crippen molar-refractivity contribution in [2.45, 2.75) is 19.1 Å². The number of hydrogen-bond donors (Lipinski definition) is 1. The number of morpholine rings is 1. The van der Waals surface area contributed by atoms with Crippen LogP contribution in [0.25, 0.3) is 0 Å². The predicted molar refractivity (Wildman–Crippen MR) is 70.0 cm³/mol. The highest BCUT2D eigenvalue weighted by molar-refractivity contribution is 5.22. The maximum Gasteiger partial charge on any atom is 0.130 e. The molecule has 1 aliphatic heterocycles. The Morgan fingerprint density at radius 2 is 2.11 bits per heavy atom. The van der Waals surface area contributed by atoms with Crippen LogP contribution >= 0.6 is 0 Å². The van der Waals surface area contributed by atoms with Gasteiger partial charge in [0, 0.05) is 31.2 Å². The van der Waals surface area contributed by atoms with Crippen LogP contribution in [-0.4, -0.2) is 44.3 Å². The highest BCUT2D eigenvalue weighted by Gasteiger charge is 2.23. The third-order valence-electron chi connectivity index (χ3n) is 3.57. The van der Waals surface area contributed by atoms with E-state index in [4.69, 9.17) is 4.74 Å². The lowest BCUT2D eigenvalue weighted by Gasteiger charge is -2.31. The molecule has 1 N–H and O–H groups in total. The normalized spacial score (nSPS) is 21.6. The fourth-order valence-corrected chi connectivity index (χ4v) is 2.35. The molecule has 0 bridgehead atoms. The van der Waals surface area contributed by atoms with Gasteiger partial charge in [0.2, 0.25) is 0 Å². The zero-order valence-corrected chi connectivity index (χ0v) is 11.3. The van der Waals surface area contributed by atoms with Crippen LogP contribution in [0.3, 0.4) is 0 Å². The van der Waals surface area contributed by atoms with E-state index in [0.29, 0.717) is 13.2 Å². The maximum absolute atomic E-state index is 13.7. The van der Waals surface area contributed by atoms with E-state index in [1.165, 1.54) is 18.2 Å². The summed E-state index contributed by atoms with van der Waals surface area (Å²) in [6, 6.07) is 3.64. The third kappa shape index (κ3) is 3.49. The number of likely N-dealkylation sites (N-methyl/N-ethyl adjacent to an activating group) is 1. The van der Waals surface area contributed by atoms with Crippen molar-refractivity contribution < 1.29 is 13.5 Å². The molecule has 2 rings (SSSR count). The van der Waals surface area contributed by atoms with Crippen LogP contribution in [-0.2, 0) is 4.74 Å². The average Bonchev–Trinajstić information content (AvgIpc) is 2.39. The average molecular weight is 270 g/mol. The van der Waals surface area contributed by atoms with E-state index in [2.05, 4.69) is 5.32 Å². The van der Waals surface area contributed by atoms with E-state index in [-0.39, 0.29) is 17.7 Å². The number of nitrogens with zero attached hydrogens (tertiary/aromatic N) is 1. The van der Waals surface area contributed by atoms with Crippen molar-refractivity contribution in [2.75, 3.05) is 33.3 Å². The molecule has 1 heterocycles. The van der Waals surface area contributed by atoms with Gasteiger partial charge in [-0.3, -0.25) is 4.90 Å². The number of hydrogen-bond acceptors (Lipinski definition) is 3. The van der Waals surface area contributed by atoms with Crippen molar-refractivity contribution in [1.82, 2.24) is 10.2 Å². The molecule has 2 atom stereocenters. The molecule has 1 aliphatic rings. The molecule has 1 aromatic rings. The Kier molecular flexibility index (Phi) is 4.85. The van der Waals surface area contributed by atoms with Crippen LogP contribution in [0.4, 0.5) is 8.78 Å². The summed E-state index contributed by atoms with van der Waals surface area (Å²) in [5.41, 5.74) is 0.119. The summed E-state index contributed by atoms with van der Waals surface area (Å²) in [4.78, 5) is 1.92. The lowest BCUT2D eigenvalue weighted by atomic mass is 10.1. The molecule has 0 radical (unpaired) electrons. The fourth-order valence-electron chi connectivity index (χ4n) is 2.35. The maximum atomic E-state index is 13.7. The second-order valence-corrected chi connectivity index (χ2v) is 4.95. The van der Waals surface area contributed by atoms with Gasteiger partial charge in [0.1, 0.15) is 11.6 Å². The molecule has 0 spiro atoms. The van der Waals surface area contributed by atoms with Gasteiger partial charge < -0.3 is 10.1 Å². The molecule has 1 aromatic carbocycles. The van der Waals surface area contributed by atoms with Gasteiger partial charge in [-0.05, 0) is 26.1 Å². The molecule has 0 aromatic heterocycles. The van der Waals surface area contributed by atoms with Crippen LogP contribution in [0.5, 0.6) is 0 Å². The molecule has 106 valence electrons. The summed E-state index contributed by atoms with van der Waals surface area (Å²) in [7, 11) is 1.86. The summed E-state index contributed by atoms with van der Waals surface area (Å²) in [6.07, 6.45) is 0.0658. The van der Waals surface area contributed by atoms with Gasteiger partial charge in [-0.1, -0.05) is 6.07 Å². The quantitative estimate of drug-likeness (QED) is 0.905. The van der Waals surface area contributed by atoms with Crippen LogP contribution in [0.1, 0.15) is 18.5 Å². The molecular formula is C14H20F2N2O. The molecule has 0 amide bonds. The zero-order valence-electron chi connectivity index (χ0n) is 11.3. The molecular weight excluding hydrogens is 250 g/mol. The summed E-state index contributed by atoms with van der Waals surface area (Å²) >= 11 is 0. The first-order chi connectivity index (χ1) is 9.09. The van der Waals surface area contributed by atoms with Crippen LogP contribution < -0.4 is 5.32 Å². The highest BCUT2D eigenvalue weighted by Crippen LogP contribution is 2.25. The van der Waals surface area contributed by atoms with E-state index < -0.39 is 11.6 Å². The van der Waals surface area contributed by atoms with E-state index >= 15 is 0 Å². The molecule has 19 heavy (non-hydrogen) atoms. The van der Waals surface area contributed by atoms with E-state index in [1.807, 2.05) is 11.9 Å². The van der Waals surface area contributed by atoms with E-state index in [0.717, 1.165) is 13.1 Å². The zero-order chi connectivity index (χ0) is 13.8. The third-order valence-corrected chi connectivity index (χ3v) is 3.57. The Bertz CT molecular complexity index is 402.